The molecule has 0 aliphatic carbocycles. The molecule has 2 heterocycles. The summed E-state index contributed by atoms with van der Waals surface area (Å²) in [7, 11) is 0. The van der Waals surface area contributed by atoms with E-state index in [0.717, 1.165) is 65.3 Å². The first-order valence-corrected chi connectivity index (χ1v) is 7.73. The molecule has 0 aromatic carbocycles. The monoisotopic (exact) mass is 271 g/mol. The largest absolute Gasteiger partial charge is 0.381 e. The highest BCUT2D eigenvalue weighted by molar-refractivity contribution is 4.91. The Morgan fingerprint density at radius 2 is 2.05 bits per heavy atom. The third-order valence-corrected chi connectivity index (χ3v) is 4.03. The summed E-state index contributed by atoms with van der Waals surface area (Å²) in [6, 6.07) is 0.578. The van der Waals surface area contributed by atoms with Gasteiger partial charge in [0.15, 0.2) is 0 Å². The zero-order valence-corrected chi connectivity index (χ0v) is 12.5. The summed E-state index contributed by atoms with van der Waals surface area (Å²) in [4.78, 5) is 0. The van der Waals surface area contributed by atoms with Crippen LogP contribution in [-0.2, 0) is 14.2 Å². The smallest absolute Gasteiger partial charge is 0.0741 e. The van der Waals surface area contributed by atoms with Crippen LogP contribution in [0.3, 0.4) is 0 Å². The molecule has 0 aromatic heterocycles. The third-order valence-electron chi connectivity index (χ3n) is 4.03. The zero-order valence-electron chi connectivity index (χ0n) is 12.5. The molecule has 1 spiro atoms. The Balaban J connectivity index is 1.64. The van der Waals surface area contributed by atoms with Crippen LogP contribution >= 0.6 is 0 Å². The lowest BCUT2D eigenvalue weighted by Gasteiger charge is -2.43. The van der Waals surface area contributed by atoms with Gasteiger partial charge >= 0.3 is 0 Å². The normalized spacial score (nSPS) is 27.0. The Bertz CT molecular complexity index is 246. The molecular formula is C15H29NO3. The molecule has 2 saturated heterocycles. The Hall–Kier alpha value is -0.160. The van der Waals surface area contributed by atoms with E-state index >= 15 is 0 Å². The van der Waals surface area contributed by atoms with Crippen molar-refractivity contribution in [3.05, 3.63) is 0 Å². The predicted molar refractivity (Wildman–Crippen MR) is 75.4 cm³/mol. The minimum Gasteiger partial charge on any atom is -0.381 e. The summed E-state index contributed by atoms with van der Waals surface area (Å²) in [6.45, 7) is 9.56. The summed E-state index contributed by atoms with van der Waals surface area (Å²) in [5.74, 6) is 0.619. The van der Waals surface area contributed by atoms with Crippen molar-refractivity contribution in [2.45, 2.75) is 51.2 Å². The second-order valence-corrected chi connectivity index (χ2v) is 6.26. The SMILES string of the molecule is CC(C)COCCNC1CCOC2(CCOCC2)C1. The summed E-state index contributed by atoms with van der Waals surface area (Å²) >= 11 is 0. The molecule has 4 nitrogen and oxygen atoms in total. The van der Waals surface area contributed by atoms with Crippen molar-refractivity contribution < 1.29 is 14.2 Å². The van der Waals surface area contributed by atoms with E-state index in [1.165, 1.54) is 0 Å². The topological polar surface area (TPSA) is 39.7 Å². The maximum Gasteiger partial charge on any atom is 0.0741 e. The summed E-state index contributed by atoms with van der Waals surface area (Å²) in [6.07, 6.45) is 4.34. The Morgan fingerprint density at radius 1 is 1.26 bits per heavy atom. The van der Waals surface area contributed by atoms with Gasteiger partial charge in [-0.15, -0.1) is 0 Å². The predicted octanol–water partition coefficient (Wildman–Crippen LogP) is 1.98. The second-order valence-electron chi connectivity index (χ2n) is 6.26. The van der Waals surface area contributed by atoms with E-state index in [1.54, 1.807) is 0 Å². The van der Waals surface area contributed by atoms with Crippen molar-refractivity contribution in [2.75, 3.05) is 39.6 Å². The van der Waals surface area contributed by atoms with Gasteiger partial charge in [0.05, 0.1) is 12.2 Å². The molecule has 2 aliphatic rings. The molecular weight excluding hydrogens is 242 g/mol. The molecule has 112 valence electrons. The number of rotatable bonds is 6. The van der Waals surface area contributed by atoms with Crippen LogP contribution in [0.1, 0.15) is 39.5 Å². The van der Waals surface area contributed by atoms with Crippen LogP contribution < -0.4 is 5.32 Å². The standard InChI is InChI=1S/C15H29NO3/c1-13(2)12-18-10-6-16-14-3-7-19-15(11-14)4-8-17-9-5-15/h13-14,16H,3-12H2,1-2H3. The van der Waals surface area contributed by atoms with Crippen molar-refractivity contribution in [2.24, 2.45) is 5.92 Å². The van der Waals surface area contributed by atoms with Crippen molar-refractivity contribution in [1.29, 1.82) is 0 Å². The maximum atomic E-state index is 6.04. The first-order chi connectivity index (χ1) is 9.20. The van der Waals surface area contributed by atoms with E-state index in [4.69, 9.17) is 14.2 Å². The minimum atomic E-state index is 0.0902. The van der Waals surface area contributed by atoms with E-state index in [1.807, 2.05) is 0 Å². The minimum absolute atomic E-state index is 0.0902. The molecule has 1 atom stereocenters. The van der Waals surface area contributed by atoms with Gasteiger partial charge in [-0.25, -0.2) is 0 Å². The highest BCUT2D eigenvalue weighted by atomic mass is 16.5. The lowest BCUT2D eigenvalue weighted by atomic mass is 9.84. The average molecular weight is 271 g/mol. The molecule has 0 aromatic rings. The number of hydrogen-bond donors (Lipinski definition) is 1. The summed E-state index contributed by atoms with van der Waals surface area (Å²) in [5, 5.41) is 3.62. The first kappa shape index (κ1) is 15.2. The fourth-order valence-corrected chi connectivity index (χ4v) is 2.95. The van der Waals surface area contributed by atoms with Crippen molar-refractivity contribution in [3.8, 4) is 0 Å². The lowest BCUT2D eigenvalue weighted by molar-refractivity contribution is -0.140. The molecule has 4 heteroatoms. The van der Waals surface area contributed by atoms with Crippen LogP contribution in [-0.4, -0.2) is 51.2 Å². The van der Waals surface area contributed by atoms with E-state index in [-0.39, 0.29) is 5.60 Å². The molecule has 0 bridgehead atoms. The van der Waals surface area contributed by atoms with Gasteiger partial charge < -0.3 is 19.5 Å². The summed E-state index contributed by atoms with van der Waals surface area (Å²) < 4.78 is 17.1. The molecule has 2 fully saturated rings. The van der Waals surface area contributed by atoms with Gasteiger partial charge in [0, 0.05) is 39.0 Å². The highest BCUT2D eigenvalue weighted by Gasteiger charge is 2.38. The van der Waals surface area contributed by atoms with Crippen LogP contribution in [0.5, 0.6) is 0 Å². The molecule has 19 heavy (non-hydrogen) atoms. The van der Waals surface area contributed by atoms with Crippen LogP contribution in [0.4, 0.5) is 0 Å². The first-order valence-electron chi connectivity index (χ1n) is 7.73. The van der Waals surface area contributed by atoms with Gasteiger partial charge in [0.25, 0.3) is 0 Å². The number of nitrogens with one attached hydrogen (secondary N) is 1. The Morgan fingerprint density at radius 3 is 2.79 bits per heavy atom. The van der Waals surface area contributed by atoms with Crippen LogP contribution in [0, 0.1) is 5.92 Å². The van der Waals surface area contributed by atoms with Gasteiger partial charge in [0.2, 0.25) is 0 Å². The van der Waals surface area contributed by atoms with Gasteiger partial charge in [-0.2, -0.15) is 0 Å². The molecule has 2 rings (SSSR count). The fraction of sp³-hybridized carbons (Fsp3) is 1.00. The number of hydrogen-bond acceptors (Lipinski definition) is 4. The number of ether oxygens (including phenoxy) is 3. The summed E-state index contributed by atoms with van der Waals surface area (Å²) in [5.41, 5.74) is 0.0902. The van der Waals surface area contributed by atoms with Gasteiger partial charge in [0.1, 0.15) is 0 Å². The third kappa shape index (κ3) is 5.03. The molecule has 0 amide bonds. The van der Waals surface area contributed by atoms with E-state index in [2.05, 4.69) is 19.2 Å². The average Bonchev–Trinajstić information content (AvgIpc) is 2.39. The van der Waals surface area contributed by atoms with Crippen molar-refractivity contribution in [1.82, 2.24) is 5.32 Å². The van der Waals surface area contributed by atoms with Gasteiger partial charge in [-0.1, -0.05) is 13.8 Å². The maximum absolute atomic E-state index is 6.04. The fourth-order valence-electron chi connectivity index (χ4n) is 2.95. The van der Waals surface area contributed by atoms with E-state index in [0.29, 0.717) is 12.0 Å². The zero-order chi connectivity index (χ0) is 13.6. The van der Waals surface area contributed by atoms with E-state index < -0.39 is 0 Å². The molecule has 0 radical (unpaired) electrons. The van der Waals surface area contributed by atoms with E-state index in [9.17, 15) is 0 Å². The molecule has 0 saturated carbocycles. The quantitative estimate of drug-likeness (QED) is 0.750. The van der Waals surface area contributed by atoms with Crippen molar-refractivity contribution in [3.63, 3.8) is 0 Å². The molecule has 1 N–H and O–H groups in total. The van der Waals surface area contributed by atoms with Crippen LogP contribution in [0.15, 0.2) is 0 Å². The van der Waals surface area contributed by atoms with Crippen LogP contribution in [0.25, 0.3) is 0 Å². The highest BCUT2D eigenvalue weighted by Crippen LogP contribution is 2.34. The van der Waals surface area contributed by atoms with Gasteiger partial charge in [-0.3, -0.25) is 0 Å². The molecule has 1 unspecified atom stereocenters. The Labute approximate surface area is 117 Å². The lowest BCUT2D eigenvalue weighted by Crippen LogP contribution is -2.50. The van der Waals surface area contributed by atoms with Crippen LogP contribution in [0.2, 0.25) is 0 Å². The van der Waals surface area contributed by atoms with Gasteiger partial charge in [-0.05, 0) is 31.6 Å². The molecule has 2 aliphatic heterocycles. The second kappa shape index (κ2) is 7.58. The Kier molecular flexibility index (Phi) is 6.07. The van der Waals surface area contributed by atoms with Crippen molar-refractivity contribution >= 4 is 0 Å².